The number of nitrogens with one attached hydrogen (secondary N) is 1. The summed E-state index contributed by atoms with van der Waals surface area (Å²) in [6.07, 6.45) is 5.26. The zero-order valence-electron chi connectivity index (χ0n) is 11.7. The Labute approximate surface area is 120 Å². The molecule has 0 bridgehead atoms. The second kappa shape index (κ2) is 6.62. The van der Waals surface area contributed by atoms with Crippen molar-refractivity contribution in [1.82, 2.24) is 14.0 Å². The van der Waals surface area contributed by atoms with Crippen molar-refractivity contribution in [2.45, 2.75) is 26.3 Å². The SMILES string of the molecule is Cc1ccncc1CNS(=O)(=O)N1CCCC(CN)C1. The van der Waals surface area contributed by atoms with Crippen molar-refractivity contribution in [3.63, 3.8) is 0 Å². The fraction of sp³-hybridized carbons (Fsp3) is 0.615. The zero-order chi connectivity index (χ0) is 14.6. The zero-order valence-corrected chi connectivity index (χ0v) is 12.6. The molecule has 0 amide bonds. The van der Waals surface area contributed by atoms with Gasteiger partial charge in [-0.25, -0.2) is 0 Å². The summed E-state index contributed by atoms with van der Waals surface area (Å²) in [7, 11) is -3.44. The number of aryl methyl sites for hydroxylation is 1. The lowest BCUT2D eigenvalue weighted by Crippen LogP contribution is -2.47. The van der Waals surface area contributed by atoms with Crippen LogP contribution in [0.2, 0.25) is 0 Å². The van der Waals surface area contributed by atoms with E-state index in [1.54, 1.807) is 12.4 Å². The highest BCUT2D eigenvalue weighted by Gasteiger charge is 2.27. The molecule has 1 aliphatic heterocycles. The first-order valence-corrected chi connectivity index (χ1v) is 8.31. The molecule has 0 spiro atoms. The van der Waals surface area contributed by atoms with Crippen LogP contribution in [0.3, 0.4) is 0 Å². The smallest absolute Gasteiger partial charge is 0.279 e. The van der Waals surface area contributed by atoms with Gasteiger partial charge >= 0.3 is 0 Å². The molecule has 0 aromatic carbocycles. The number of rotatable bonds is 5. The normalized spacial score (nSPS) is 21.0. The van der Waals surface area contributed by atoms with E-state index in [1.807, 2.05) is 13.0 Å². The minimum absolute atomic E-state index is 0.264. The number of pyridine rings is 1. The Morgan fingerprint density at radius 2 is 2.35 bits per heavy atom. The molecule has 1 aromatic rings. The molecular formula is C13H22N4O2S. The first-order valence-electron chi connectivity index (χ1n) is 6.87. The van der Waals surface area contributed by atoms with Gasteiger partial charge in [0.25, 0.3) is 10.2 Å². The van der Waals surface area contributed by atoms with Gasteiger partial charge in [0.15, 0.2) is 0 Å². The third-order valence-electron chi connectivity index (χ3n) is 3.75. The van der Waals surface area contributed by atoms with Gasteiger partial charge in [-0.2, -0.15) is 17.4 Å². The van der Waals surface area contributed by atoms with Crippen LogP contribution in [0.15, 0.2) is 18.5 Å². The lowest BCUT2D eigenvalue weighted by Gasteiger charge is -2.31. The predicted molar refractivity (Wildman–Crippen MR) is 78.1 cm³/mol. The van der Waals surface area contributed by atoms with E-state index in [0.29, 0.717) is 19.6 Å². The Morgan fingerprint density at radius 1 is 1.55 bits per heavy atom. The van der Waals surface area contributed by atoms with Gasteiger partial charge in [0, 0.05) is 32.0 Å². The summed E-state index contributed by atoms with van der Waals surface area (Å²) in [5, 5.41) is 0. The Kier molecular flexibility index (Phi) is 5.09. The summed E-state index contributed by atoms with van der Waals surface area (Å²) in [6, 6.07) is 1.87. The molecule has 6 nitrogen and oxygen atoms in total. The van der Waals surface area contributed by atoms with Crippen molar-refractivity contribution in [2.75, 3.05) is 19.6 Å². The molecule has 0 saturated carbocycles. The third kappa shape index (κ3) is 3.76. The second-order valence-corrected chi connectivity index (χ2v) is 6.99. The molecule has 1 unspecified atom stereocenters. The number of hydrogen-bond acceptors (Lipinski definition) is 4. The van der Waals surface area contributed by atoms with E-state index in [2.05, 4.69) is 9.71 Å². The van der Waals surface area contributed by atoms with Gasteiger partial charge in [-0.15, -0.1) is 0 Å². The van der Waals surface area contributed by atoms with Gasteiger partial charge in [0.05, 0.1) is 0 Å². The van der Waals surface area contributed by atoms with Crippen molar-refractivity contribution >= 4 is 10.2 Å². The molecule has 2 heterocycles. The second-order valence-electron chi connectivity index (χ2n) is 5.23. The molecule has 0 radical (unpaired) electrons. The van der Waals surface area contributed by atoms with Gasteiger partial charge in [-0.1, -0.05) is 0 Å². The van der Waals surface area contributed by atoms with Crippen LogP contribution >= 0.6 is 0 Å². The summed E-state index contributed by atoms with van der Waals surface area (Å²) in [6.45, 7) is 3.83. The molecule has 7 heteroatoms. The molecule has 0 aliphatic carbocycles. The Morgan fingerprint density at radius 3 is 3.05 bits per heavy atom. The fourth-order valence-corrected chi connectivity index (χ4v) is 3.68. The van der Waals surface area contributed by atoms with Crippen LogP contribution in [0.25, 0.3) is 0 Å². The number of piperidine rings is 1. The highest BCUT2D eigenvalue weighted by Crippen LogP contribution is 2.17. The third-order valence-corrected chi connectivity index (χ3v) is 5.27. The summed E-state index contributed by atoms with van der Waals surface area (Å²) in [5.74, 6) is 0.264. The van der Waals surface area contributed by atoms with E-state index < -0.39 is 10.2 Å². The highest BCUT2D eigenvalue weighted by atomic mass is 32.2. The van der Waals surface area contributed by atoms with E-state index in [1.165, 1.54) is 4.31 Å². The summed E-state index contributed by atoms with van der Waals surface area (Å²) in [5.41, 5.74) is 7.56. The van der Waals surface area contributed by atoms with E-state index in [4.69, 9.17) is 5.73 Å². The van der Waals surface area contributed by atoms with E-state index in [0.717, 1.165) is 24.0 Å². The lowest BCUT2D eigenvalue weighted by atomic mass is 10.0. The minimum Gasteiger partial charge on any atom is -0.330 e. The van der Waals surface area contributed by atoms with Crippen molar-refractivity contribution in [3.8, 4) is 0 Å². The quantitative estimate of drug-likeness (QED) is 0.823. The molecule has 1 fully saturated rings. The summed E-state index contributed by atoms with van der Waals surface area (Å²) >= 11 is 0. The maximum atomic E-state index is 12.3. The average molecular weight is 298 g/mol. The highest BCUT2D eigenvalue weighted by molar-refractivity contribution is 7.87. The molecular weight excluding hydrogens is 276 g/mol. The van der Waals surface area contributed by atoms with Crippen molar-refractivity contribution in [3.05, 3.63) is 29.6 Å². The molecule has 20 heavy (non-hydrogen) atoms. The van der Waals surface area contributed by atoms with Crippen molar-refractivity contribution in [2.24, 2.45) is 11.7 Å². The van der Waals surface area contributed by atoms with Gasteiger partial charge < -0.3 is 5.73 Å². The predicted octanol–water partition coefficient (Wildman–Crippen LogP) is 0.395. The van der Waals surface area contributed by atoms with Gasteiger partial charge in [-0.05, 0) is 49.4 Å². The van der Waals surface area contributed by atoms with Crippen molar-refractivity contribution in [1.29, 1.82) is 0 Å². The van der Waals surface area contributed by atoms with Crippen LogP contribution in [-0.4, -0.2) is 37.3 Å². The first-order chi connectivity index (χ1) is 9.53. The number of aromatic nitrogens is 1. The maximum Gasteiger partial charge on any atom is 0.279 e. The van der Waals surface area contributed by atoms with Crippen LogP contribution in [0.4, 0.5) is 0 Å². The van der Waals surface area contributed by atoms with Crippen LogP contribution in [-0.2, 0) is 16.8 Å². The lowest BCUT2D eigenvalue weighted by molar-refractivity contribution is 0.268. The standard InChI is InChI=1S/C13H22N4O2S/c1-11-4-5-15-8-13(11)9-16-20(18,19)17-6-2-3-12(7-14)10-17/h4-5,8,12,16H,2-3,6-7,9-10,14H2,1H3. The van der Waals surface area contributed by atoms with Crippen LogP contribution in [0.1, 0.15) is 24.0 Å². The molecule has 2 rings (SSSR count). The summed E-state index contributed by atoms with van der Waals surface area (Å²) < 4.78 is 28.7. The minimum atomic E-state index is -3.44. The Bertz CT molecular complexity index is 547. The Balaban J connectivity index is 1.99. The molecule has 1 atom stereocenters. The topological polar surface area (TPSA) is 88.3 Å². The summed E-state index contributed by atoms with van der Waals surface area (Å²) in [4.78, 5) is 4.02. The van der Waals surface area contributed by atoms with Crippen LogP contribution < -0.4 is 10.5 Å². The maximum absolute atomic E-state index is 12.3. The van der Waals surface area contributed by atoms with E-state index in [9.17, 15) is 8.42 Å². The van der Waals surface area contributed by atoms with Crippen LogP contribution in [0.5, 0.6) is 0 Å². The van der Waals surface area contributed by atoms with Gasteiger partial charge in [-0.3, -0.25) is 4.98 Å². The van der Waals surface area contributed by atoms with E-state index >= 15 is 0 Å². The first kappa shape index (κ1) is 15.4. The molecule has 1 aromatic heterocycles. The number of nitrogens with two attached hydrogens (primary N) is 1. The van der Waals surface area contributed by atoms with Gasteiger partial charge in [0.2, 0.25) is 0 Å². The fourth-order valence-electron chi connectivity index (χ4n) is 2.38. The molecule has 1 aliphatic rings. The number of hydrogen-bond donors (Lipinski definition) is 2. The van der Waals surface area contributed by atoms with Gasteiger partial charge in [0.1, 0.15) is 0 Å². The average Bonchev–Trinajstić information content (AvgIpc) is 2.46. The van der Waals surface area contributed by atoms with Crippen LogP contribution in [0, 0.1) is 12.8 Å². The molecule has 112 valence electrons. The molecule has 3 N–H and O–H groups in total. The molecule has 1 saturated heterocycles. The van der Waals surface area contributed by atoms with Crippen molar-refractivity contribution < 1.29 is 8.42 Å². The largest absolute Gasteiger partial charge is 0.330 e. The van der Waals surface area contributed by atoms with E-state index in [-0.39, 0.29) is 12.5 Å². The monoisotopic (exact) mass is 298 g/mol. The number of nitrogens with zero attached hydrogens (tertiary/aromatic N) is 2. The Hall–Kier alpha value is -1.02.